The van der Waals surface area contributed by atoms with Gasteiger partial charge in [-0.3, -0.25) is 4.79 Å². The molecule has 1 N–H and O–H groups in total. The first-order valence-corrected chi connectivity index (χ1v) is 7.87. The quantitative estimate of drug-likeness (QED) is 0.850. The number of ether oxygens (including phenoxy) is 1. The lowest BCUT2D eigenvalue weighted by molar-refractivity contribution is -0.200. The van der Waals surface area contributed by atoms with E-state index in [9.17, 15) is 14.7 Å². The Morgan fingerprint density at radius 1 is 1.19 bits per heavy atom. The highest BCUT2D eigenvalue weighted by molar-refractivity contribution is 5.79. The van der Waals surface area contributed by atoms with Crippen LogP contribution in [0.15, 0.2) is 0 Å². The van der Waals surface area contributed by atoms with E-state index in [0.717, 1.165) is 12.8 Å². The number of nitrogens with zero attached hydrogens (tertiary/aromatic N) is 1. The average molecular weight is 295 g/mol. The molecule has 4 aliphatic rings. The summed E-state index contributed by atoms with van der Waals surface area (Å²) in [5.41, 5.74) is -1.24. The molecule has 5 nitrogen and oxygen atoms in total. The summed E-state index contributed by atoms with van der Waals surface area (Å²) in [6, 6.07) is 0. The first-order chi connectivity index (χ1) is 9.66. The van der Waals surface area contributed by atoms with Gasteiger partial charge in [-0.05, 0) is 57.8 Å². The van der Waals surface area contributed by atoms with Gasteiger partial charge in [0.25, 0.3) is 0 Å². The maximum atomic E-state index is 12.3. The van der Waals surface area contributed by atoms with Crippen LogP contribution in [0.1, 0.15) is 52.9 Å². The second kappa shape index (κ2) is 4.37. The molecule has 0 spiro atoms. The molecule has 0 aromatic rings. The minimum atomic E-state index is -0.759. The van der Waals surface area contributed by atoms with E-state index < -0.39 is 17.0 Å². The molecule has 2 bridgehead atoms. The maximum Gasteiger partial charge on any atom is 0.410 e. The van der Waals surface area contributed by atoms with Gasteiger partial charge in [0.05, 0.1) is 5.41 Å². The third-order valence-electron chi connectivity index (χ3n) is 5.46. The minimum absolute atomic E-state index is 0.0335. The molecule has 2 heterocycles. The zero-order valence-corrected chi connectivity index (χ0v) is 13.1. The number of fused-ring (bicyclic) bond motifs is 2. The number of aliphatic carboxylic acids is 1. The van der Waals surface area contributed by atoms with Crippen molar-refractivity contribution in [2.24, 2.45) is 16.7 Å². The standard InChI is InChI=1S/C16H25NO4/c1-14(2,3)21-13(20)17-9-15(11-5-4-6-11)7-16(8-15,10-17)12(18)19/h11H,4-10H2,1-3H3,(H,18,19). The zero-order valence-electron chi connectivity index (χ0n) is 13.1. The van der Waals surface area contributed by atoms with Crippen molar-refractivity contribution in [1.82, 2.24) is 4.90 Å². The Bertz CT molecular complexity index is 469. The number of carbonyl (C=O) groups excluding carboxylic acids is 1. The van der Waals surface area contributed by atoms with Crippen LogP contribution in [0, 0.1) is 16.7 Å². The van der Waals surface area contributed by atoms with E-state index in [0.29, 0.717) is 19.0 Å². The van der Waals surface area contributed by atoms with Crippen molar-refractivity contribution in [3.8, 4) is 0 Å². The van der Waals surface area contributed by atoms with E-state index in [2.05, 4.69) is 0 Å². The summed E-state index contributed by atoms with van der Waals surface area (Å²) in [6.45, 7) is 6.48. The molecule has 118 valence electrons. The molecule has 0 aromatic heterocycles. The topological polar surface area (TPSA) is 66.8 Å². The highest BCUT2D eigenvalue weighted by atomic mass is 16.6. The number of rotatable bonds is 2. The molecule has 1 amide bonds. The van der Waals surface area contributed by atoms with Crippen molar-refractivity contribution >= 4 is 12.1 Å². The number of hydrogen-bond donors (Lipinski definition) is 1. The van der Waals surface area contributed by atoms with E-state index >= 15 is 0 Å². The largest absolute Gasteiger partial charge is 0.481 e. The average Bonchev–Trinajstić information content (AvgIpc) is 2.22. The molecular weight excluding hydrogens is 270 g/mol. The Morgan fingerprint density at radius 3 is 2.24 bits per heavy atom. The molecule has 2 saturated heterocycles. The van der Waals surface area contributed by atoms with Crippen LogP contribution in [0.25, 0.3) is 0 Å². The second-order valence-electron chi connectivity index (χ2n) is 8.27. The Morgan fingerprint density at radius 2 is 1.81 bits per heavy atom. The van der Waals surface area contributed by atoms with Gasteiger partial charge in [0.2, 0.25) is 0 Å². The molecular formula is C16H25NO4. The second-order valence-corrected chi connectivity index (χ2v) is 8.27. The molecule has 2 aliphatic carbocycles. The smallest absolute Gasteiger partial charge is 0.410 e. The van der Waals surface area contributed by atoms with Crippen LogP contribution >= 0.6 is 0 Å². The van der Waals surface area contributed by atoms with Crippen LogP contribution < -0.4 is 0 Å². The first kappa shape index (κ1) is 14.7. The third-order valence-corrected chi connectivity index (χ3v) is 5.46. The van der Waals surface area contributed by atoms with Crippen LogP contribution in [-0.2, 0) is 9.53 Å². The van der Waals surface area contributed by atoms with E-state index in [4.69, 9.17) is 4.74 Å². The predicted molar refractivity (Wildman–Crippen MR) is 76.9 cm³/mol. The Labute approximate surface area is 125 Å². The van der Waals surface area contributed by atoms with Gasteiger partial charge in [0.1, 0.15) is 5.60 Å². The van der Waals surface area contributed by atoms with Crippen molar-refractivity contribution in [3.63, 3.8) is 0 Å². The van der Waals surface area contributed by atoms with Crippen molar-refractivity contribution in [1.29, 1.82) is 0 Å². The lowest BCUT2D eigenvalue weighted by Gasteiger charge is -2.65. The molecule has 2 saturated carbocycles. The summed E-state index contributed by atoms with van der Waals surface area (Å²) in [4.78, 5) is 25.6. The van der Waals surface area contributed by atoms with Crippen LogP contribution in [0.4, 0.5) is 4.79 Å². The summed E-state index contributed by atoms with van der Waals surface area (Å²) >= 11 is 0. The van der Waals surface area contributed by atoms with Gasteiger partial charge in [0.15, 0.2) is 0 Å². The summed E-state index contributed by atoms with van der Waals surface area (Å²) in [5.74, 6) is -0.166. The highest BCUT2D eigenvalue weighted by Crippen LogP contribution is 2.65. The fraction of sp³-hybridized carbons (Fsp3) is 0.875. The van der Waals surface area contributed by atoms with Gasteiger partial charge in [-0.1, -0.05) is 6.42 Å². The molecule has 4 rings (SSSR count). The molecule has 2 aliphatic heterocycles. The highest BCUT2D eigenvalue weighted by Gasteiger charge is 2.67. The third kappa shape index (κ3) is 2.30. The fourth-order valence-electron chi connectivity index (χ4n) is 4.43. The van der Waals surface area contributed by atoms with E-state index in [1.165, 1.54) is 19.3 Å². The van der Waals surface area contributed by atoms with Crippen LogP contribution in [0.3, 0.4) is 0 Å². The molecule has 0 unspecified atom stereocenters. The van der Waals surface area contributed by atoms with Gasteiger partial charge in [-0.15, -0.1) is 0 Å². The van der Waals surface area contributed by atoms with Crippen molar-refractivity contribution in [2.75, 3.05) is 13.1 Å². The van der Waals surface area contributed by atoms with Crippen molar-refractivity contribution in [3.05, 3.63) is 0 Å². The van der Waals surface area contributed by atoms with Crippen molar-refractivity contribution < 1.29 is 19.4 Å². The van der Waals surface area contributed by atoms with Gasteiger partial charge in [-0.2, -0.15) is 0 Å². The molecule has 0 aromatic carbocycles. The molecule has 4 fully saturated rings. The molecule has 0 radical (unpaired) electrons. The monoisotopic (exact) mass is 295 g/mol. The molecule has 0 atom stereocenters. The Kier molecular flexibility index (Phi) is 3.05. The SMILES string of the molecule is CC(C)(C)OC(=O)N1CC2(C(=O)O)CC(C3CCC3)(C1)C2. The van der Waals surface area contributed by atoms with Gasteiger partial charge in [0, 0.05) is 13.1 Å². The Balaban J connectivity index is 1.77. The lowest BCUT2D eigenvalue weighted by atomic mass is 9.43. The maximum absolute atomic E-state index is 12.3. The minimum Gasteiger partial charge on any atom is -0.481 e. The number of hydrogen-bond acceptors (Lipinski definition) is 3. The molecule has 21 heavy (non-hydrogen) atoms. The number of amides is 1. The van der Waals surface area contributed by atoms with Gasteiger partial charge < -0.3 is 14.7 Å². The van der Waals surface area contributed by atoms with Crippen molar-refractivity contribution in [2.45, 2.75) is 58.5 Å². The zero-order chi connectivity index (χ0) is 15.5. The van der Waals surface area contributed by atoms with Crippen LogP contribution in [0.2, 0.25) is 0 Å². The van der Waals surface area contributed by atoms with E-state index in [-0.39, 0.29) is 11.5 Å². The Hall–Kier alpha value is -1.26. The first-order valence-electron chi connectivity index (χ1n) is 7.87. The number of carbonyl (C=O) groups is 2. The lowest BCUT2D eigenvalue weighted by Crippen LogP contribution is -2.69. The number of carboxylic acid groups (broad SMARTS) is 1. The van der Waals surface area contributed by atoms with Crippen LogP contribution in [0.5, 0.6) is 0 Å². The summed E-state index contributed by atoms with van der Waals surface area (Å²) in [6.07, 6.45) is 4.70. The summed E-state index contributed by atoms with van der Waals surface area (Å²) < 4.78 is 5.44. The predicted octanol–water partition coefficient (Wildman–Crippen LogP) is 2.89. The van der Waals surface area contributed by atoms with E-state index in [1.54, 1.807) is 4.90 Å². The van der Waals surface area contributed by atoms with Crippen LogP contribution in [-0.4, -0.2) is 40.8 Å². The number of piperidine rings is 2. The normalized spacial score (nSPS) is 35.7. The van der Waals surface area contributed by atoms with Gasteiger partial charge >= 0.3 is 12.1 Å². The summed E-state index contributed by atoms with van der Waals surface area (Å²) in [7, 11) is 0. The van der Waals surface area contributed by atoms with E-state index in [1.807, 2.05) is 20.8 Å². The number of carboxylic acids is 1. The van der Waals surface area contributed by atoms with Gasteiger partial charge in [-0.25, -0.2) is 4.79 Å². The summed E-state index contributed by atoms with van der Waals surface area (Å²) in [5, 5.41) is 9.58. The molecule has 5 heteroatoms. The fourth-order valence-corrected chi connectivity index (χ4v) is 4.43.